The third-order valence-electron chi connectivity index (χ3n) is 5.58. The van der Waals surface area contributed by atoms with E-state index in [0.29, 0.717) is 49.4 Å². The minimum Gasteiger partial charge on any atom is -0.491 e. The summed E-state index contributed by atoms with van der Waals surface area (Å²) in [7, 11) is 0. The van der Waals surface area contributed by atoms with Crippen molar-refractivity contribution in [2.24, 2.45) is 11.7 Å². The van der Waals surface area contributed by atoms with Gasteiger partial charge in [0.1, 0.15) is 18.2 Å². The molecule has 1 fully saturated rings. The van der Waals surface area contributed by atoms with Crippen LogP contribution < -0.4 is 10.5 Å². The number of carboxylic acids is 1. The second kappa shape index (κ2) is 10.8. The van der Waals surface area contributed by atoms with Crippen molar-refractivity contribution in [1.29, 1.82) is 0 Å². The Morgan fingerprint density at radius 3 is 2.58 bits per heavy atom. The molecule has 0 bridgehead atoms. The number of nitrogens with two attached hydrogens (primary N) is 1. The number of ether oxygens (including phenoxy) is 1. The van der Waals surface area contributed by atoms with Crippen LogP contribution in [-0.2, 0) is 11.3 Å². The van der Waals surface area contributed by atoms with Crippen LogP contribution in [0.25, 0.3) is 0 Å². The molecule has 1 aliphatic carbocycles. The van der Waals surface area contributed by atoms with Gasteiger partial charge in [-0.2, -0.15) is 5.10 Å². The highest BCUT2D eigenvalue weighted by Gasteiger charge is 2.37. The second-order valence-electron chi connectivity index (χ2n) is 9.13. The van der Waals surface area contributed by atoms with Crippen molar-refractivity contribution < 1.29 is 19.4 Å². The Kier molecular flexibility index (Phi) is 8.07. The lowest BCUT2D eigenvalue weighted by Gasteiger charge is -2.36. The number of carbonyl (C=O) groups is 2. The van der Waals surface area contributed by atoms with Gasteiger partial charge < -0.3 is 20.5 Å². The topological polar surface area (TPSA) is 124 Å². The molecule has 0 unspecified atom stereocenters. The number of nitrogens with zero attached hydrogens (tertiary/aromatic N) is 4. The molecule has 4 rings (SSSR count). The van der Waals surface area contributed by atoms with E-state index in [1.807, 2.05) is 34.7 Å². The van der Waals surface area contributed by atoms with Gasteiger partial charge >= 0.3 is 0 Å². The lowest BCUT2D eigenvalue weighted by molar-refractivity contribution is -0.134. The molecule has 2 aromatic rings. The summed E-state index contributed by atoms with van der Waals surface area (Å²) in [5, 5.41) is 12.2. The third-order valence-corrected chi connectivity index (χ3v) is 5.58. The number of aryl methyl sites for hydroxylation is 1. The van der Waals surface area contributed by atoms with Gasteiger partial charge in [-0.1, -0.05) is 25.5 Å². The molecule has 9 heteroatoms. The molecule has 2 aliphatic rings. The first-order chi connectivity index (χ1) is 15.7. The molecular weight excluding hydrogens is 422 g/mol. The number of carbonyl (C=O) groups excluding carboxylic acids is 1. The fraction of sp³-hybridized carbons (Fsp3) is 0.583. The molecule has 1 aliphatic heterocycles. The maximum absolute atomic E-state index is 13.6. The summed E-state index contributed by atoms with van der Waals surface area (Å²) in [5.41, 5.74) is 7.23. The zero-order chi connectivity index (χ0) is 24.1. The van der Waals surface area contributed by atoms with Crippen LogP contribution in [-0.4, -0.2) is 56.3 Å². The highest BCUT2D eigenvalue weighted by atomic mass is 16.5. The van der Waals surface area contributed by atoms with Crippen molar-refractivity contribution >= 4 is 11.9 Å². The van der Waals surface area contributed by atoms with Crippen molar-refractivity contribution in [3.05, 3.63) is 41.0 Å². The van der Waals surface area contributed by atoms with Crippen LogP contribution in [0.5, 0.6) is 5.75 Å². The van der Waals surface area contributed by atoms with Gasteiger partial charge in [0.2, 0.25) is 0 Å². The Labute approximate surface area is 194 Å². The minimum atomic E-state index is -0.833. The molecule has 0 saturated heterocycles. The number of aromatic nitrogens is 3. The minimum absolute atomic E-state index is 0.00593. The molecule has 180 valence electrons. The number of aliphatic carboxylic acids is 1. The number of amides is 1. The number of carboxylic acid groups (broad SMARTS) is 1. The molecule has 2 heterocycles. The lowest BCUT2D eigenvalue weighted by atomic mass is 9.98. The van der Waals surface area contributed by atoms with E-state index in [0.717, 1.165) is 30.6 Å². The monoisotopic (exact) mass is 457 g/mol. The molecule has 0 spiro atoms. The summed E-state index contributed by atoms with van der Waals surface area (Å²) in [6.45, 7) is 9.54. The average Bonchev–Trinajstić information content (AvgIpc) is 3.50. The Hall–Kier alpha value is -2.94. The van der Waals surface area contributed by atoms with Crippen LogP contribution in [0.1, 0.15) is 79.6 Å². The first kappa shape index (κ1) is 24.7. The molecule has 3 N–H and O–H groups in total. The predicted molar refractivity (Wildman–Crippen MR) is 124 cm³/mol. The predicted octanol–water partition coefficient (Wildman–Crippen LogP) is 3.14. The highest BCUT2D eigenvalue weighted by Crippen LogP contribution is 2.40. The van der Waals surface area contributed by atoms with Gasteiger partial charge in [-0.25, -0.2) is 9.67 Å². The van der Waals surface area contributed by atoms with Crippen LogP contribution >= 0.6 is 0 Å². The normalized spacial score (nSPS) is 17.3. The zero-order valence-electron chi connectivity index (χ0n) is 20.0. The first-order valence-electron chi connectivity index (χ1n) is 11.6. The Balaban J connectivity index is 0.000000709. The number of hydrogen-bond acceptors (Lipinski definition) is 6. The van der Waals surface area contributed by atoms with E-state index in [4.69, 9.17) is 30.5 Å². The summed E-state index contributed by atoms with van der Waals surface area (Å²) < 4.78 is 7.80. The van der Waals surface area contributed by atoms with Gasteiger partial charge in [0.05, 0.1) is 18.2 Å². The van der Waals surface area contributed by atoms with E-state index < -0.39 is 5.97 Å². The van der Waals surface area contributed by atoms with Gasteiger partial charge in [-0.05, 0) is 44.2 Å². The number of benzene rings is 1. The summed E-state index contributed by atoms with van der Waals surface area (Å²) in [5.74, 6) is 2.58. The van der Waals surface area contributed by atoms with E-state index >= 15 is 0 Å². The van der Waals surface area contributed by atoms with Crippen molar-refractivity contribution in [2.45, 2.75) is 65.5 Å². The van der Waals surface area contributed by atoms with Crippen LogP contribution in [0.15, 0.2) is 18.2 Å². The largest absolute Gasteiger partial charge is 0.491 e. The average molecular weight is 458 g/mol. The molecule has 1 aromatic carbocycles. The van der Waals surface area contributed by atoms with Crippen LogP contribution in [0, 0.1) is 12.8 Å². The smallest absolute Gasteiger partial charge is 0.300 e. The summed E-state index contributed by atoms with van der Waals surface area (Å²) in [6, 6.07) is 5.67. The van der Waals surface area contributed by atoms with Crippen molar-refractivity contribution in [3.63, 3.8) is 0 Å². The van der Waals surface area contributed by atoms with Crippen LogP contribution in [0.3, 0.4) is 0 Å². The zero-order valence-corrected chi connectivity index (χ0v) is 20.0. The third kappa shape index (κ3) is 6.31. The SMILES string of the molecule is CC(=O)O.Cc1ccc(OCCN)c(C(=O)N2CCn3nc(C4CC4)nc3[C@@H]2CC(C)C)c1. The number of fused-ring (bicyclic) bond motifs is 1. The van der Waals surface area contributed by atoms with Gasteiger partial charge in [-0.3, -0.25) is 9.59 Å². The molecule has 0 radical (unpaired) electrons. The molecule has 1 amide bonds. The number of hydrogen-bond donors (Lipinski definition) is 2. The van der Waals surface area contributed by atoms with Crippen molar-refractivity contribution in [1.82, 2.24) is 19.7 Å². The van der Waals surface area contributed by atoms with E-state index in [9.17, 15) is 4.79 Å². The lowest BCUT2D eigenvalue weighted by Crippen LogP contribution is -2.43. The summed E-state index contributed by atoms with van der Waals surface area (Å²) >= 11 is 0. The van der Waals surface area contributed by atoms with Gasteiger partial charge in [0, 0.05) is 25.9 Å². The van der Waals surface area contributed by atoms with Gasteiger partial charge in [0.25, 0.3) is 11.9 Å². The molecule has 1 aromatic heterocycles. The van der Waals surface area contributed by atoms with Crippen molar-refractivity contribution in [2.75, 3.05) is 19.7 Å². The van der Waals surface area contributed by atoms with Gasteiger partial charge in [-0.15, -0.1) is 0 Å². The van der Waals surface area contributed by atoms with Crippen LogP contribution in [0.4, 0.5) is 0 Å². The standard InChI is InChI=1S/C22H31N5O2.C2H4O2/c1-14(2)12-18-21-24-20(16-5-6-16)25-27(21)10-9-26(18)22(28)17-13-15(3)4-7-19(17)29-11-8-23;1-2(3)4/h4,7,13-14,16,18H,5-6,8-12,23H2,1-3H3;1H3,(H,3,4)/t18-;/m0./s1. The Morgan fingerprint density at radius 2 is 1.97 bits per heavy atom. The number of rotatable bonds is 7. The first-order valence-corrected chi connectivity index (χ1v) is 11.6. The highest BCUT2D eigenvalue weighted by molar-refractivity contribution is 5.97. The van der Waals surface area contributed by atoms with E-state index in [1.165, 1.54) is 12.8 Å². The second-order valence-corrected chi connectivity index (χ2v) is 9.13. The fourth-order valence-electron chi connectivity index (χ4n) is 3.98. The Bertz CT molecular complexity index is 979. The maximum Gasteiger partial charge on any atom is 0.300 e. The summed E-state index contributed by atoms with van der Waals surface area (Å²) in [4.78, 5) is 29.5. The van der Waals surface area contributed by atoms with E-state index in [-0.39, 0.29) is 11.9 Å². The quantitative estimate of drug-likeness (QED) is 0.654. The molecule has 1 saturated carbocycles. The van der Waals surface area contributed by atoms with Gasteiger partial charge in [0.15, 0.2) is 5.82 Å². The Morgan fingerprint density at radius 1 is 1.27 bits per heavy atom. The maximum atomic E-state index is 13.6. The molecule has 9 nitrogen and oxygen atoms in total. The van der Waals surface area contributed by atoms with Crippen LogP contribution in [0.2, 0.25) is 0 Å². The molecular formula is C24H35N5O4. The molecule has 1 atom stereocenters. The summed E-state index contributed by atoms with van der Waals surface area (Å²) in [6.07, 6.45) is 3.21. The fourth-order valence-corrected chi connectivity index (χ4v) is 3.98. The van der Waals surface area contributed by atoms with Crippen molar-refractivity contribution in [3.8, 4) is 5.75 Å². The van der Waals surface area contributed by atoms with E-state index in [1.54, 1.807) is 0 Å². The van der Waals surface area contributed by atoms with E-state index in [2.05, 4.69) is 13.8 Å². The molecule has 33 heavy (non-hydrogen) atoms.